The minimum atomic E-state index is -1.73. The number of aliphatic carboxylic acids is 1. The first-order valence-electron chi connectivity index (χ1n) is 5.25. The zero-order valence-electron chi connectivity index (χ0n) is 9.55. The second kappa shape index (κ2) is 8.64. The van der Waals surface area contributed by atoms with Crippen molar-refractivity contribution in [2.24, 2.45) is 0 Å². The Labute approximate surface area is 109 Å². The number of hydrogen-bond acceptors (Lipinski definition) is 8. The Bertz CT molecular complexity index is 255. The normalized spacial score (nSPS) is 19.9. The lowest BCUT2D eigenvalue weighted by atomic mass is 10.0. The maximum absolute atomic E-state index is 10.6. The number of rotatable bonds is 9. The minimum absolute atomic E-state index is 0.0139. The third kappa shape index (κ3) is 5.48. The fourth-order valence-corrected chi connectivity index (χ4v) is 1.46. The van der Waals surface area contributed by atoms with E-state index in [1.54, 1.807) is 0 Å². The van der Waals surface area contributed by atoms with Crippen LogP contribution in [0, 0.1) is 0 Å². The molecule has 7 N–H and O–H groups in total. The van der Waals surface area contributed by atoms with Gasteiger partial charge in [-0.25, -0.2) is 0 Å². The van der Waals surface area contributed by atoms with Crippen molar-refractivity contribution >= 4 is 18.6 Å². The van der Waals surface area contributed by atoms with Crippen LogP contribution in [0.25, 0.3) is 0 Å². The maximum Gasteiger partial charge on any atom is 0.321 e. The van der Waals surface area contributed by atoms with E-state index < -0.39 is 43.0 Å². The molecule has 0 bridgehead atoms. The highest BCUT2D eigenvalue weighted by Crippen LogP contribution is 2.05. The van der Waals surface area contributed by atoms with Gasteiger partial charge in [0.25, 0.3) is 0 Å². The predicted octanol–water partition coefficient (Wildman–Crippen LogP) is -3.61. The number of hydrogen-bond donors (Lipinski definition) is 8. The SMILES string of the molecule is O=C(O)C(CS)NCC(O)C(O)C(O)C(O)CO. The summed E-state index contributed by atoms with van der Waals surface area (Å²) in [5, 5.41) is 56.9. The Morgan fingerprint density at radius 3 is 2.00 bits per heavy atom. The lowest BCUT2D eigenvalue weighted by Gasteiger charge is -2.26. The maximum atomic E-state index is 10.6. The molecule has 108 valence electrons. The standard InChI is InChI=1S/C9H19NO7S/c11-2-6(13)8(15)7(14)5(12)1-10-4(3-18)9(16)17/h4-8,10-15,18H,1-3H2,(H,16,17). The molecule has 0 aromatic carbocycles. The van der Waals surface area contributed by atoms with Crippen LogP contribution in [0.4, 0.5) is 0 Å². The largest absolute Gasteiger partial charge is 0.480 e. The molecule has 5 atom stereocenters. The van der Waals surface area contributed by atoms with Gasteiger partial charge in [-0.05, 0) is 0 Å². The van der Waals surface area contributed by atoms with E-state index in [-0.39, 0.29) is 12.3 Å². The van der Waals surface area contributed by atoms with E-state index in [0.717, 1.165) is 0 Å². The number of carboxylic acid groups (broad SMARTS) is 1. The van der Waals surface area contributed by atoms with Gasteiger partial charge in [0.05, 0.1) is 12.7 Å². The van der Waals surface area contributed by atoms with Crippen LogP contribution in [-0.4, -0.2) is 86.0 Å². The van der Waals surface area contributed by atoms with Crippen molar-refractivity contribution in [3.05, 3.63) is 0 Å². The molecule has 0 radical (unpaired) electrons. The first-order chi connectivity index (χ1) is 8.34. The van der Waals surface area contributed by atoms with Crippen LogP contribution in [0.1, 0.15) is 0 Å². The zero-order chi connectivity index (χ0) is 14.3. The van der Waals surface area contributed by atoms with Gasteiger partial charge in [0.15, 0.2) is 0 Å². The van der Waals surface area contributed by atoms with Crippen LogP contribution >= 0.6 is 12.6 Å². The van der Waals surface area contributed by atoms with Gasteiger partial charge in [-0.3, -0.25) is 4.79 Å². The van der Waals surface area contributed by atoms with Crippen molar-refractivity contribution in [3.63, 3.8) is 0 Å². The Hall–Kier alpha value is -0.420. The molecule has 0 aliphatic heterocycles. The molecule has 8 nitrogen and oxygen atoms in total. The third-order valence-corrected chi connectivity index (χ3v) is 2.74. The first-order valence-corrected chi connectivity index (χ1v) is 5.88. The van der Waals surface area contributed by atoms with Gasteiger partial charge in [0, 0.05) is 12.3 Å². The van der Waals surface area contributed by atoms with Crippen molar-refractivity contribution < 1.29 is 35.4 Å². The topological polar surface area (TPSA) is 150 Å². The highest BCUT2D eigenvalue weighted by molar-refractivity contribution is 7.80. The second-order valence-electron chi connectivity index (χ2n) is 3.78. The van der Waals surface area contributed by atoms with E-state index in [2.05, 4.69) is 17.9 Å². The summed E-state index contributed by atoms with van der Waals surface area (Å²) in [6, 6.07) is -1.00. The molecule has 0 saturated heterocycles. The summed E-state index contributed by atoms with van der Waals surface area (Å²) in [5.74, 6) is -1.18. The van der Waals surface area contributed by atoms with Crippen LogP contribution in [0.2, 0.25) is 0 Å². The average molecular weight is 285 g/mol. The molecule has 0 spiro atoms. The average Bonchev–Trinajstić information content (AvgIpc) is 2.35. The van der Waals surface area contributed by atoms with Crippen molar-refractivity contribution in [1.29, 1.82) is 0 Å². The highest BCUT2D eigenvalue weighted by Gasteiger charge is 2.30. The molecular weight excluding hydrogens is 266 g/mol. The van der Waals surface area contributed by atoms with Gasteiger partial charge in [0.1, 0.15) is 24.4 Å². The van der Waals surface area contributed by atoms with Crippen molar-refractivity contribution in [3.8, 4) is 0 Å². The number of aliphatic hydroxyl groups is 5. The minimum Gasteiger partial charge on any atom is -0.480 e. The highest BCUT2D eigenvalue weighted by atomic mass is 32.1. The number of nitrogens with one attached hydrogen (secondary N) is 1. The van der Waals surface area contributed by atoms with E-state index in [1.165, 1.54) is 0 Å². The Kier molecular flexibility index (Phi) is 8.44. The van der Waals surface area contributed by atoms with Gasteiger partial charge in [-0.2, -0.15) is 12.6 Å². The van der Waals surface area contributed by atoms with Gasteiger partial charge >= 0.3 is 5.97 Å². The summed E-state index contributed by atoms with van der Waals surface area (Å²) in [4.78, 5) is 10.6. The second-order valence-corrected chi connectivity index (χ2v) is 4.15. The number of carbonyl (C=O) groups is 1. The molecule has 0 heterocycles. The van der Waals surface area contributed by atoms with Gasteiger partial charge < -0.3 is 36.0 Å². The summed E-state index contributed by atoms with van der Waals surface area (Å²) >= 11 is 3.79. The van der Waals surface area contributed by atoms with Gasteiger partial charge in [-0.15, -0.1) is 0 Å². The number of aliphatic hydroxyl groups excluding tert-OH is 5. The molecule has 0 aliphatic carbocycles. The molecule has 0 fully saturated rings. The van der Waals surface area contributed by atoms with E-state index in [0.29, 0.717) is 0 Å². The lowest BCUT2D eigenvalue weighted by Crippen LogP contribution is -2.51. The molecule has 0 aliphatic rings. The van der Waals surface area contributed by atoms with Crippen LogP contribution in [0.15, 0.2) is 0 Å². The Morgan fingerprint density at radius 2 is 1.61 bits per heavy atom. The molecule has 5 unspecified atom stereocenters. The molecule has 9 heteroatoms. The Balaban J connectivity index is 4.23. The van der Waals surface area contributed by atoms with E-state index in [4.69, 9.17) is 15.3 Å². The fourth-order valence-electron chi connectivity index (χ4n) is 1.18. The van der Waals surface area contributed by atoms with Crippen LogP contribution in [0.3, 0.4) is 0 Å². The number of carboxylic acids is 1. The van der Waals surface area contributed by atoms with Gasteiger partial charge in [0.2, 0.25) is 0 Å². The summed E-state index contributed by atoms with van der Waals surface area (Å²) in [6.45, 7) is -1.08. The van der Waals surface area contributed by atoms with E-state index in [9.17, 15) is 20.1 Å². The Morgan fingerprint density at radius 1 is 1.11 bits per heavy atom. The smallest absolute Gasteiger partial charge is 0.321 e. The molecule has 0 saturated carbocycles. The van der Waals surface area contributed by atoms with Crippen LogP contribution in [-0.2, 0) is 4.79 Å². The van der Waals surface area contributed by atoms with Crippen LogP contribution in [0.5, 0.6) is 0 Å². The number of thiol groups is 1. The monoisotopic (exact) mass is 285 g/mol. The molecule has 18 heavy (non-hydrogen) atoms. The van der Waals surface area contributed by atoms with Gasteiger partial charge in [-0.1, -0.05) is 0 Å². The van der Waals surface area contributed by atoms with Crippen molar-refractivity contribution in [2.45, 2.75) is 30.5 Å². The summed E-state index contributed by atoms with van der Waals surface area (Å²) in [6.07, 6.45) is -6.53. The molecule has 0 aromatic heterocycles. The zero-order valence-corrected chi connectivity index (χ0v) is 10.4. The quantitative estimate of drug-likeness (QED) is 0.202. The summed E-state index contributed by atoms with van der Waals surface area (Å²) in [5.41, 5.74) is 0. The van der Waals surface area contributed by atoms with E-state index in [1.807, 2.05) is 0 Å². The van der Waals surface area contributed by atoms with Crippen LogP contribution < -0.4 is 5.32 Å². The summed E-state index contributed by atoms with van der Waals surface area (Å²) < 4.78 is 0. The predicted molar refractivity (Wildman–Crippen MR) is 64.4 cm³/mol. The molecule has 0 aromatic rings. The third-order valence-electron chi connectivity index (χ3n) is 2.38. The summed E-state index contributed by atoms with van der Waals surface area (Å²) in [7, 11) is 0. The molecular formula is C9H19NO7S. The molecule has 0 rings (SSSR count). The van der Waals surface area contributed by atoms with Crippen molar-refractivity contribution in [2.75, 3.05) is 18.9 Å². The molecule has 0 amide bonds. The first kappa shape index (κ1) is 17.6. The lowest BCUT2D eigenvalue weighted by molar-refractivity contribution is -0.139. The fraction of sp³-hybridized carbons (Fsp3) is 0.889. The van der Waals surface area contributed by atoms with E-state index >= 15 is 0 Å². The van der Waals surface area contributed by atoms with Crippen molar-refractivity contribution in [1.82, 2.24) is 5.32 Å².